The van der Waals surface area contributed by atoms with Crippen LogP contribution in [0.2, 0.25) is 0 Å². The lowest BCUT2D eigenvalue weighted by Gasteiger charge is -2.27. The highest BCUT2D eigenvalue weighted by Gasteiger charge is 2.31. The molecule has 0 fully saturated rings. The van der Waals surface area contributed by atoms with Gasteiger partial charge in [-0.3, -0.25) is 9.59 Å². The first-order valence-corrected chi connectivity index (χ1v) is 10.9. The number of alkyl carbamates (subject to hydrolysis) is 1. The van der Waals surface area contributed by atoms with Crippen LogP contribution in [0.15, 0.2) is 48.5 Å². The van der Waals surface area contributed by atoms with Crippen LogP contribution in [0, 0.1) is 5.92 Å². The molecule has 2 amide bonds. The van der Waals surface area contributed by atoms with Gasteiger partial charge in [0.25, 0.3) is 0 Å². The smallest absolute Gasteiger partial charge is 0.407 e. The standard InChI is InChI=1S/C25H31N3O5/c1-16(24(30)31)13-28(4)23(29)22(14-27(2)3)26-25(32)33-15-21-19-11-7-5-9-17(19)18-10-6-8-12-20(18)21/h5-12,16,21-22H,13-15H2,1-4H3,(H,26,32)(H,30,31)/t16?,22-/m0/s1. The molecule has 2 aromatic rings. The van der Waals surface area contributed by atoms with Crippen LogP contribution in [-0.4, -0.2) is 79.8 Å². The molecule has 0 bridgehead atoms. The summed E-state index contributed by atoms with van der Waals surface area (Å²) < 4.78 is 5.57. The SMILES string of the molecule is CC(CN(C)C(=O)[C@H](CN(C)C)NC(=O)OCC1c2ccccc2-c2ccccc21)C(=O)O. The molecule has 2 atom stereocenters. The number of hydrogen-bond acceptors (Lipinski definition) is 5. The van der Waals surface area contributed by atoms with Crippen molar-refractivity contribution in [3.05, 3.63) is 59.7 Å². The highest BCUT2D eigenvalue weighted by Crippen LogP contribution is 2.44. The summed E-state index contributed by atoms with van der Waals surface area (Å²) in [5.74, 6) is -2.15. The van der Waals surface area contributed by atoms with Gasteiger partial charge in [-0.15, -0.1) is 0 Å². The number of aliphatic carboxylic acids is 1. The summed E-state index contributed by atoms with van der Waals surface area (Å²) in [5, 5.41) is 11.8. The predicted molar refractivity (Wildman–Crippen MR) is 125 cm³/mol. The summed E-state index contributed by atoms with van der Waals surface area (Å²) in [6, 6.07) is 15.3. The second-order valence-corrected chi connectivity index (χ2v) is 8.74. The molecule has 176 valence electrons. The maximum atomic E-state index is 12.9. The summed E-state index contributed by atoms with van der Waals surface area (Å²) in [6.45, 7) is 1.99. The third-order valence-corrected chi connectivity index (χ3v) is 5.83. The van der Waals surface area contributed by atoms with E-state index in [2.05, 4.69) is 17.4 Å². The molecule has 8 heteroatoms. The third-order valence-electron chi connectivity index (χ3n) is 5.83. The van der Waals surface area contributed by atoms with Crippen molar-refractivity contribution in [2.45, 2.75) is 18.9 Å². The van der Waals surface area contributed by atoms with Crippen LogP contribution in [0.1, 0.15) is 24.0 Å². The van der Waals surface area contributed by atoms with Crippen LogP contribution in [0.4, 0.5) is 4.79 Å². The van der Waals surface area contributed by atoms with E-state index < -0.39 is 24.0 Å². The Morgan fingerprint density at radius 2 is 1.52 bits per heavy atom. The zero-order valence-corrected chi connectivity index (χ0v) is 19.4. The molecule has 2 aromatic carbocycles. The summed E-state index contributed by atoms with van der Waals surface area (Å²) >= 11 is 0. The van der Waals surface area contributed by atoms with E-state index in [9.17, 15) is 14.4 Å². The third kappa shape index (κ3) is 5.70. The molecule has 8 nitrogen and oxygen atoms in total. The molecule has 0 saturated heterocycles. The van der Waals surface area contributed by atoms with Crippen molar-refractivity contribution >= 4 is 18.0 Å². The van der Waals surface area contributed by atoms with Gasteiger partial charge in [0, 0.05) is 26.1 Å². The first-order valence-electron chi connectivity index (χ1n) is 10.9. The maximum Gasteiger partial charge on any atom is 0.407 e. The molecule has 3 rings (SSSR count). The largest absolute Gasteiger partial charge is 0.481 e. The first kappa shape index (κ1) is 24.3. The number of rotatable bonds is 9. The van der Waals surface area contributed by atoms with Crippen LogP contribution in [0.3, 0.4) is 0 Å². The Kier molecular flexibility index (Phi) is 7.71. The Morgan fingerprint density at radius 1 is 0.970 bits per heavy atom. The molecule has 0 saturated carbocycles. The molecule has 0 spiro atoms. The summed E-state index contributed by atoms with van der Waals surface area (Å²) in [5.41, 5.74) is 4.48. The van der Waals surface area contributed by atoms with E-state index in [0.29, 0.717) is 0 Å². The second-order valence-electron chi connectivity index (χ2n) is 8.74. The van der Waals surface area contributed by atoms with Gasteiger partial charge in [0.2, 0.25) is 5.91 Å². The molecule has 2 N–H and O–H groups in total. The number of ether oxygens (including phenoxy) is 1. The minimum atomic E-state index is -0.983. The van der Waals surface area contributed by atoms with E-state index in [4.69, 9.17) is 9.84 Å². The van der Waals surface area contributed by atoms with Crippen LogP contribution in [0.5, 0.6) is 0 Å². The number of likely N-dealkylation sites (N-methyl/N-ethyl adjacent to an activating group) is 2. The number of carboxylic acids is 1. The fraction of sp³-hybridized carbons (Fsp3) is 0.400. The van der Waals surface area contributed by atoms with Crippen molar-refractivity contribution in [2.75, 3.05) is 40.8 Å². The lowest BCUT2D eigenvalue weighted by Crippen LogP contribution is -2.53. The molecule has 1 unspecified atom stereocenters. The Labute approximate surface area is 194 Å². The lowest BCUT2D eigenvalue weighted by atomic mass is 9.98. The van der Waals surface area contributed by atoms with Crippen molar-refractivity contribution in [1.82, 2.24) is 15.1 Å². The minimum Gasteiger partial charge on any atom is -0.481 e. The van der Waals surface area contributed by atoms with Gasteiger partial charge in [-0.1, -0.05) is 55.5 Å². The molecule has 1 aliphatic carbocycles. The fourth-order valence-corrected chi connectivity index (χ4v) is 4.18. The Bertz CT molecular complexity index is 977. The van der Waals surface area contributed by atoms with E-state index in [1.165, 1.54) is 18.9 Å². The van der Waals surface area contributed by atoms with Crippen molar-refractivity contribution in [1.29, 1.82) is 0 Å². The van der Waals surface area contributed by atoms with Gasteiger partial charge in [0.15, 0.2) is 0 Å². The highest BCUT2D eigenvalue weighted by molar-refractivity contribution is 5.86. The first-order chi connectivity index (χ1) is 15.7. The van der Waals surface area contributed by atoms with Gasteiger partial charge in [-0.05, 0) is 36.3 Å². The quantitative estimate of drug-likeness (QED) is 0.606. The number of nitrogens with one attached hydrogen (secondary N) is 1. The molecule has 0 radical (unpaired) electrons. The Balaban J connectivity index is 1.66. The number of carbonyl (C=O) groups is 3. The average molecular weight is 454 g/mol. The Hall–Kier alpha value is -3.39. The number of carboxylic acid groups (broad SMARTS) is 1. The van der Waals surface area contributed by atoms with E-state index >= 15 is 0 Å². The van der Waals surface area contributed by atoms with Crippen molar-refractivity contribution in [3.63, 3.8) is 0 Å². The number of carbonyl (C=O) groups excluding carboxylic acids is 2. The lowest BCUT2D eigenvalue weighted by molar-refractivity contribution is -0.143. The molecule has 33 heavy (non-hydrogen) atoms. The van der Waals surface area contributed by atoms with Gasteiger partial charge >= 0.3 is 12.1 Å². The molecule has 0 aromatic heterocycles. The van der Waals surface area contributed by atoms with Crippen LogP contribution in [0.25, 0.3) is 11.1 Å². The van der Waals surface area contributed by atoms with E-state index in [1.54, 1.807) is 19.0 Å². The number of hydrogen-bond donors (Lipinski definition) is 2. The van der Waals surface area contributed by atoms with Gasteiger partial charge in [0.05, 0.1) is 5.92 Å². The zero-order chi connectivity index (χ0) is 24.1. The second kappa shape index (κ2) is 10.5. The highest BCUT2D eigenvalue weighted by atomic mass is 16.5. The summed E-state index contributed by atoms with van der Waals surface area (Å²) in [6.07, 6.45) is -0.684. The topological polar surface area (TPSA) is 99.2 Å². The van der Waals surface area contributed by atoms with Crippen LogP contribution < -0.4 is 5.32 Å². The molecular weight excluding hydrogens is 422 g/mol. The minimum absolute atomic E-state index is 0.0461. The fourth-order valence-electron chi connectivity index (χ4n) is 4.18. The van der Waals surface area contributed by atoms with E-state index in [1.807, 2.05) is 36.4 Å². The monoisotopic (exact) mass is 453 g/mol. The average Bonchev–Trinajstić information content (AvgIpc) is 3.10. The van der Waals surface area contributed by atoms with Gasteiger partial charge in [-0.25, -0.2) is 4.79 Å². The van der Waals surface area contributed by atoms with Gasteiger partial charge < -0.3 is 25.0 Å². The number of nitrogens with zero attached hydrogens (tertiary/aromatic N) is 2. The van der Waals surface area contributed by atoms with Crippen molar-refractivity contribution in [3.8, 4) is 11.1 Å². The van der Waals surface area contributed by atoms with E-state index in [-0.39, 0.29) is 31.5 Å². The van der Waals surface area contributed by atoms with Gasteiger partial charge in [0.1, 0.15) is 12.6 Å². The number of amides is 2. The molecule has 1 aliphatic rings. The Morgan fingerprint density at radius 3 is 2.03 bits per heavy atom. The molecule has 0 aliphatic heterocycles. The normalized spacial score (nSPS) is 14.2. The predicted octanol–water partition coefficient (Wildman–Crippen LogP) is 2.63. The van der Waals surface area contributed by atoms with E-state index in [0.717, 1.165) is 22.3 Å². The number of fused-ring (bicyclic) bond motifs is 3. The number of benzene rings is 2. The molecular formula is C25H31N3O5. The molecule has 0 heterocycles. The zero-order valence-electron chi connectivity index (χ0n) is 19.4. The summed E-state index contributed by atoms with van der Waals surface area (Å²) in [7, 11) is 5.11. The summed E-state index contributed by atoms with van der Waals surface area (Å²) in [4.78, 5) is 39.8. The van der Waals surface area contributed by atoms with Crippen LogP contribution >= 0.6 is 0 Å². The van der Waals surface area contributed by atoms with Crippen LogP contribution in [-0.2, 0) is 14.3 Å². The van der Waals surface area contributed by atoms with Gasteiger partial charge in [-0.2, -0.15) is 0 Å². The maximum absolute atomic E-state index is 12.9. The van der Waals surface area contributed by atoms with Crippen molar-refractivity contribution in [2.24, 2.45) is 5.92 Å². The van der Waals surface area contributed by atoms with Crippen molar-refractivity contribution < 1.29 is 24.2 Å².